The van der Waals surface area contributed by atoms with E-state index >= 15 is 0 Å². The molecule has 0 aromatic rings. The zero-order valence-corrected chi connectivity index (χ0v) is 12.8. The number of primary amides is 2. The first-order valence-corrected chi connectivity index (χ1v) is 6.89. The summed E-state index contributed by atoms with van der Waals surface area (Å²) in [5, 5.41) is 4.71. The van der Waals surface area contributed by atoms with Gasteiger partial charge < -0.3 is 21.1 Å². The second-order valence-corrected chi connectivity index (χ2v) is 5.16. The summed E-state index contributed by atoms with van der Waals surface area (Å²) in [6, 6.07) is -2.11. The Kier molecular flexibility index (Phi) is 9.50. The monoisotopic (exact) mass is 354 g/mol. The molecule has 124 valence electrons. The van der Waals surface area contributed by atoms with Crippen LogP contribution in [0.1, 0.15) is 12.8 Å². The molecule has 0 aliphatic carbocycles. The van der Waals surface area contributed by atoms with Gasteiger partial charge in [-0.3, -0.25) is 25.0 Å². The van der Waals surface area contributed by atoms with Gasteiger partial charge in [-0.2, -0.15) is 0 Å². The third-order valence-electron chi connectivity index (χ3n) is 2.39. The topological polar surface area (TPSA) is 161 Å². The third-order valence-corrected chi connectivity index (χ3v) is 3.07. The number of carbonyl (C=O) groups excluding carboxylic acids is 5. The average molecular weight is 355 g/mol. The first-order chi connectivity index (χ1) is 10.2. The molecule has 0 saturated carbocycles. The fourth-order valence-electron chi connectivity index (χ4n) is 1.39. The van der Waals surface area contributed by atoms with Gasteiger partial charge in [-0.05, 0) is 0 Å². The predicted octanol–water partition coefficient (Wildman–Crippen LogP) is -2.25. The highest BCUT2D eigenvalue weighted by Gasteiger charge is 2.28. The molecule has 0 bridgehead atoms. The lowest BCUT2D eigenvalue weighted by Crippen LogP contribution is -2.50. The van der Waals surface area contributed by atoms with Crippen LogP contribution in [0.3, 0.4) is 0 Å². The number of halogens is 2. The quantitative estimate of drug-likeness (QED) is 0.175. The molecule has 0 aromatic heterocycles. The summed E-state index contributed by atoms with van der Waals surface area (Å²) < 4.78 is 0. The van der Waals surface area contributed by atoms with Gasteiger partial charge >= 0.3 is 0 Å². The second-order valence-electron chi connectivity index (χ2n) is 4.29. The van der Waals surface area contributed by atoms with E-state index in [1.807, 2.05) is 0 Å². The minimum atomic E-state index is -1.41. The molecule has 0 radical (unpaired) electrons. The largest absolute Gasteiger partial charge is 0.370 e. The maximum Gasteiger partial charge on any atom is 0.219 e. The van der Waals surface area contributed by atoms with Crippen molar-refractivity contribution < 1.29 is 24.0 Å². The number of carbonyl (C=O) groups is 5. The Morgan fingerprint density at radius 3 is 1.41 bits per heavy atom. The molecule has 2 unspecified atom stereocenters. The molecule has 0 spiro atoms. The molecule has 0 heterocycles. The van der Waals surface area contributed by atoms with Crippen LogP contribution in [0.4, 0.5) is 0 Å². The minimum Gasteiger partial charge on any atom is -0.370 e. The Morgan fingerprint density at radius 1 is 0.864 bits per heavy atom. The number of amides is 2. The number of rotatable bonds is 12. The number of Topliss-reactive ketones (excluding diaryl/α,β-unsaturated/α-hetero) is 1. The Labute approximate surface area is 136 Å². The lowest BCUT2D eigenvalue weighted by Gasteiger charge is -2.20. The molecule has 0 aliphatic rings. The number of nitrogens with two attached hydrogens (primary N) is 2. The van der Waals surface area contributed by atoms with Crippen molar-refractivity contribution in [1.29, 1.82) is 0 Å². The molecule has 6 N–H and O–H groups in total. The van der Waals surface area contributed by atoms with Crippen molar-refractivity contribution in [2.24, 2.45) is 11.5 Å². The summed E-state index contributed by atoms with van der Waals surface area (Å²) in [5.41, 5.74) is 7.02. The van der Waals surface area contributed by atoms with Crippen LogP contribution in [0.15, 0.2) is 0 Å². The van der Waals surface area contributed by atoms with Gasteiger partial charge in [-0.15, -0.1) is 0 Å². The first kappa shape index (κ1) is 20.5. The van der Waals surface area contributed by atoms with E-state index in [2.05, 4.69) is 10.6 Å². The van der Waals surface area contributed by atoms with Crippen molar-refractivity contribution in [3.63, 3.8) is 0 Å². The molecule has 9 nitrogen and oxygen atoms in total. The highest BCUT2D eigenvalue weighted by atomic mass is 35.5. The fourth-order valence-corrected chi connectivity index (χ4v) is 2.03. The van der Waals surface area contributed by atoms with E-state index in [0.29, 0.717) is 12.6 Å². The molecular weight excluding hydrogens is 339 g/mol. The summed E-state index contributed by atoms with van der Waals surface area (Å²) in [6.07, 6.45) is 0.0365. The normalized spacial score (nSPS) is 16.1. The number of alkyl halides is 2. The van der Waals surface area contributed by atoms with Gasteiger partial charge in [0.1, 0.15) is 23.6 Å². The van der Waals surface area contributed by atoms with Crippen LogP contribution in [0.5, 0.6) is 0 Å². The standard InChI is InChI=1S/C11H16Cl2N4O5/c12-10(16-5(3-18)1-7(14)20)9(22)11(13)17-6(4-19)2-8(15)21/h3-6,10-11,16-17H,1-2H2,(H2,14,20)(H2,15,21)/t5-,6-,10?,11?/m0/s1. The van der Waals surface area contributed by atoms with Gasteiger partial charge in [0.15, 0.2) is 5.78 Å². The van der Waals surface area contributed by atoms with E-state index < -0.39 is 40.7 Å². The molecule has 22 heavy (non-hydrogen) atoms. The van der Waals surface area contributed by atoms with E-state index in [-0.39, 0.29) is 12.8 Å². The third kappa shape index (κ3) is 8.03. The van der Waals surface area contributed by atoms with Crippen molar-refractivity contribution in [2.45, 2.75) is 35.9 Å². The Hall–Kier alpha value is -1.55. The molecular formula is C11H16Cl2N4O5. The van der Waals surface area contributed by atoms with E-state index in [9.17, 15) is 24.0 Å². The molecule has 0 aromatic carbocycles. The van der Waals surface area contributed by atoms with Crippen LogP contribution >= 0.6 is 23.2 Å². The van der Waals surface area contributed by atoms with Crippen molar-refractivity contribution in [1.82, 2.24) is 10.6 Å². The maximum atomic E-state index is 11.9. The van der Waals surface area contributed by atoms with Crippen LogP contribution in [0, 0.1) is 0 Å². The predicted molar refractivity (Wildman–Crippen MR) is 77.9 cm³/mol. The van der Waals surface area contributed by atoms with Gasteiger partial charge in [0, 0.05) is 12.8 Å². The van der Waals surface area contributed by atoms with Crippen molar-refractivity contribution in [3.05, 3.63) is 0 Å². The summed E-state index contributed by atoms with van der Waals surface area (Å²) >= 11 is 11.5. The number of ketones is 1. The van der Waals surface area contributed by atoms with E-state index in [4.69, 9.17) is 34.7 Å². The van der Waals surface area contributed by atoms with Crippen LogP contribution in [0.25, 0.3) is 0 Å². The van der Waals surface area contributed by atoms with E-state index in [1.165, 1.54) is 0 Å². The number of nitrogens with one attached hydrogen (secondary N) is 2. The van der Waals surface area contributed by atoms with Crippen molar-refractivity contribution in [3.8, 4) is 0 Å². The molecule has 0 rings (SSSR count). The van der Waals surface area contributed by atoms with Crippen molar-refractivity contribution >= 4 is 53.4 Å². The highest BCUT2D eigenvalue weighted by molar-refractivity contribution is 6.39. The Balaban J connectivity index is 4.58. The van der Waals surface area contributed by atoms with Crippen LogP contribution in [-0.4, -0.2) is 53.3 Å². The summed E-state index contributed by atoms with van der Waals surface area (Å²) in [7, 11) is 0. The lowest BCUT2D eigenvalue weighted by atomic mass is 10.2. The zero-order chi connectivity index (χ0) is 17.3. The molecule has 0 fully saturated rings. The van der Waals surface area contributed by atoms with Gasteiger partial charge in [-0.25, -0.2) is 0 Å². The number of hydrogen-bond donors (Lipinski definition) is 4. The Morgan fingerprint density at radius 2 is 1.18 bits per heavy atom. The molecule has 4 atom stereocenters. The number of hydrogen-bond acceptors (Lipinski definition) is 7. The lowest BCUT2D eigenvalue weighted by molar-refractivity contribution is -0.123. The van der Waals surface area contributed by atoms with Crippen molar-refractivity contribution in [2.75, 3.05) is 0 Å². The van der Waals surface area contributed by atoms with E-state index in [0.717, 1.165) is 0 Å². The first-order valence-electron chi connectivity index (χ1n) is 6.02. The molecule has 11 heteroatoms. The highest BCUT2D eigenvalue weighted by Crippen LogP contribution is 2.06. The van der Waals surface area contributed by atoms with Gasteiger partial charge in [-0.1, -0.05) is 23.2 Å². The maximum absolute atomic E-state index is 11.9. The molecule has 0 saturated heterocycles. The second kappa shape index (κ2) is 10.2. The fraction of sp³-hybridized carbons (Fsp3) is 0.545. The summed E-state index contributed by atoms with van der Waals surface area (Å²) in [5.74, 6) is -2.33. The van der Waals surface area contributed by atoms with E-state index in [1.54, 1.807) is 0 Å². The van der Waals surface area contributed by atoms with Crippen LogP contribution in [-0.2, 0) is 24.0 Å². The van der Waals surface area contributed by atoms with Crippen LogP contribution < -0.4 is 22.1 Å². The van der Waals surface area contributed by atoms with Gasteiger partial charge in [0.25, 0.3) is 0 Å². The Bertz CT molecular complexity index is 410. The van der Waals surface area contributed by atoms with Gasteiger partial charge in [0.05, 0.1) is 12.1 Å². The molecule has 0 aliphatic heterocycles. The molecule has 2 amide bonds. The zero-order valence-electron chi connectivity index (χ0n) is 11.3. The van der Waals surface area contributed by atoms with Crippen LogP contribution in [0.2, 0.25) is 0 Å². The minimum absolute atomic E-state index is 0.348. The average Bonchev–Trinajstić information content (AvgIpc) is 2.43. The number of aldehydes is 2. The summed E-state index contributed by atoms with van der Waals surface area (Å²) in [4.78, 5) is 54.7. The smallest absolute Gasteiger partial charge is 0.219 e. The SMILES string of the molecule is NC(=O)C[C@@H](C=O)NC(Cl)C(=O)C(Cl)N[C@H](C=O)CC(N)=O. The summed E-state index contributed by atoms with van der Waals surface area (Å²) in [6.45, 7) is 0. The van der Waals surface area contributed by atoms with Gasteiger partial charge in [0.2, 0.25) is 11.8 Å².